The summed E-state index contributed by atoms with van der Waals surface area (Å²) >= 11 is 0. The predicted octanol–water partition coefficient (Wildman–Crippen LogP) is 0.476. The summed E-state index contributed by atoms with van der Waals surface area (Å²) in [5, 5.41) is 3.99. The molecule has 1 aliphatic carbocycles. The summed E-state index contributed by atoms with van der Waals surface area (Å²) in [5.74, 6) is 0.584. The summed E-state index contributed by atoms with van der Waals surface area (Å²) in [6, 6.07) is 2.16. The summed E-state index contributed by atoms with van der Waals surface area (Å²) in [5.41, 5.74) is 5.48. The first-order valence-electron chi connectivity index (χ1n) is 5.29. The Hall–Kier alpha value is -1.52. The Labute approximate surface area is 88.8 Å². The SMILES string of the molecule is CCN(C(=O)Cn1ccc(N)n1)C1CC1. The zero-order valence-electron chi connectivity index (χ0n) is 8.89. The van der Waals surface area contributed by atoms with Crippen molar-refractivity contribution < 1.29 is 4.79 Å². The number of nitrogens with zero attached hydrogens (tertiary/aromatic N) is 3. The van der Waals surface area contributed by atoms with Crippen molar-refractivity contribution in [2.24, 2.45) is 0 Å². The Balaban J connectivity index is 1.95. The number of amides is 1. The minimum atomic E-state index is 0.128. The molecular weight excluding hydrogens is 192 g/mol. The van der Waals surface area contributed by atoms with Crippen LogP contribution < -0.4 is 5.73 Å². The molecule has 1 aromatic rings. The lowest BCUT2D eigenvalue weighted by molar-refractivity contribution is -0.132. The van der Waals surface area contributed by atoms with Crippen molar-refractivity contribution in [3.8, 4) is 0 Å². The standard InChI is InChI=1S/C10H16N4O/c1-2-14(8-3-4-8)10(15)7-13-6-5-9(11)12-13/h5-6,8H,2-4,7H2,1H3,(H2,11,12). The van der Waals surface area contributed by atoms with E-state index in [1.807, 2.05) is 11.8 Å². The number of rotatable bonds is 4. The highest BCUT2D eigenvalue weighted by Gasteiger charge is 2.31. The van der Waals surface area contributed by atoms with Gasteiger partial charge in [-0.2, -0.15) is 5.10 Å². The van der Waals surface area contributed by atoms with Crippen LogP contribution >= 0.6 is 0 Å². The largest absolute Gasteiger partial charge is 0.382 e. The van der Waals surface area contributed by atoms with Crippen LogP contribution in [0.4, 0.5) is 5.82 Å². The topological polar surface area (TPSA) is 64.2 Å². The Morgan fingerprint density at radius 1 is 1.73 bits per heavy atom. The van der Waals surface area contributed by atoms with Crippen molar-refractivity contribution in [1.82, 2.24) is 14.7 Å². The van der Waals surface area contributed by atoms with E-state index < -0.39 is 0 Å². The molecule has 0 aromatic carbocycles. The molecule has 1 aromatic heterocycles. The van der Waals surface area contributed by atoms with E-state index in [1.54, 1.807) is 16.9 Å². The molecule has 1 aliphatic rings. The molecule has 1 heterocycles. The van der Waals surface area contributed by atoms with E-state index in [0.29, 0.717) is 18.4 Å². The average Bonchev–Trinajstić information content (AvgIpc) is 2.93. The molecule has 0 spiro atoms. The number of nitrogen functional groups attached to an aromatic ring is 1. The summed E-state index contributed by atoms with van der Waals surface area (Å²) < 4.78 is 1.59. The minimum Gasteiger partial charge on any atom is -0.382 e. The third-order valence-corrected chi connectivity index (χ3v) is 2.61. The number of nitrogens with two attached hydrogens (primary N) is 1. The zero-order chi connectivity index (χ0) is 10.8. The Bertz CT molecular complexity index is 356. The van der Waals surface area contributed by atoms with Gasteiger partial charge in [-0.25, -0.2) is 0 Å². The minimum absolute atomic E-state index is 0.128. The van der Waals surface area contributed by atoms with Crippen LogP contribution in [0.25, 0.3) is 0 Å². The summed E-state index contributed by atoms with van der Waals surface area (Å²) in [4.78, 5) is 13.8. The van der Waals surface area contributed by atoms with Crippen LogP contribution in [0.3, 0.4) is 0 Å². The van der Waals surface area contributed by atoms with Crippen molar-refractivity contribution in [3.63, 3.8) is 0 Å². The Kier molecular flexibility index (Phi) is 2.62. The molecule has 0 atom stereocenters. The Morgan fingerprint density at radius 2 is 2.47 bits per heavy atom. The van der Waals surface area contributed by atoms with Gasteiger partial charge in [0.25, 0.3) is 0 Å². The normalized spacial score (nSPS) is 15.3. The number of carbonyl (C=O) groups is 1. The summed E-state index contributed by atoms with van der Waals surface area (Å²) in [6.07, 6.45) is 4.01. The Morgan fingerprint density at radius 3 is 2.93 bits per heavy atom. The predicted molar refractivity (Wildman–Crippen MR) is 57.0 cm³/mol. The monoisotopic (exact) mass is 208 g/mol. The molecule has 1 fully saturated rings. The first-order chi connectivity index (χ1) is 7.20. The van der Waals surface area contributed by atoms with Crippen LogP contribution in [0.2, 0.25) is 0 Å². The second kappa shape index (κ2) is 3.92. The number of hydrogen-bond acceptors (Lipinski definition) is 3. The van der Waals surface area contributed by atoms with Crippen LogP contribution in [0.15, 0.2) is 12.3 Å². The van der Waals surface area contributed by atoms with Gasteiger partial charge in [0.2, 0.25) is 5.91 Å². The lowest BCUT2D eigenvalue weighted by atomic mass is 10.4. The molecule has 0 radical (unpaired) electrons. The maximum absolute atomic E-state index is 11.9. The van der Waals surface area contributed by atoms with Gasteiger partial charge in [0.15, 0.2) is 0 Å². The molecule has 5 nitrogen and oxygen atoms in total. The van der Waals surface area contributed by atoms with E-state index in [-0.39, 0.29) is 5.91 Å². The molecule has 0 unspecified atom stereocenters. The lowest BCUT2D eigenvalue weighted by Gasteiger charge is -2.20. The van der Waals surface area contributed by atoms with Crippen molar-refractivity contribution >= 4 is 11.7 Å². The van der Waals surface area contributed by atoms with Crippen LogP contribution in [0, 0.1) is 0 Å². The van der Waals surface area contributed by atoms with Gasteiger partial charge in [-0.15, -0.1) is 0 Å². The van der Waals surface area contributed by atoms with Crippen LogP contribution in [-0.2, 0) is 11.3 Å². The molecule has 0 bridgehead atoms. The third kappa shape index (κ3) is 2.29. The number of carbonyl (C=O) groups excluding carboxylic acids is 1. The summed E-state index contributed by atoms with van der Waals surface area (Å²) in [7, 11) is 0. The number of aromatic nitrogens is 2. The van der Waals surface area contributed by atoms with Crippen molar-refractivity contribution in [2.75, 3.05) is 12.3 Å². The van der Waals surface area contributed by atoms with Gasteiger partial charge in [-0.05, 0) is 25.8 Å². The van der Waals surface area contributed by atoms with Crippen LogP contribution in [0.1, 0.15) is 19.8 Å². The highest BCUT2D eigenvalue weighted by molar-refractivity contribution is 5.76. The van der Waals surface area contributed by atoms with Crippen molar-refractivity contribution in [2.45, 2.75) is 32.4 Å². The highest BCUT2D eigenvalue weighted by Crippen LogP contribution is 2.26. The smallest absolute Gasteiger partial charge is 0.244 e. The van der Waals surface area contributed by atoms with Crippen molar-refractivity contribution in [1.29, 1.82) is 0 Å². The maximum atomic E-state index is 11.9. The fraction of sp³-hybridized carbons (Fsp3) is 0.600. The first-order valence-corrected chi connectivity index (χ1v) is 5.29. The van der Waals surface area contributed by atoms with Gasteiger partial charge in [0, 0.05) is 18.8 Å². The molecule has 0 aliphatic heterocycles. The molecule has 15 heavy (non-hydrogen) atoms. The third-order valence-electron chi connectivity index (χ3n) is 2.61. The fourth-order valence-corrected chi connectivity index (χ4v) is 1.72. The molecule has 0 saturated heterocycles. The molecule has 2 rings (SSSR count). The highest BCUT2D eigenvalue weighted by atomic mass is 16.2. The molecular formula is C10H16N4O. The first kappa shape index (κ1) is 10.0. The number of likely N-dealkylation sites (N-methyl/N-ethyl adjacent to an activating group) is 1. The van der Waals surface area contributed by atoms with Gasteiger partial charge in [-0.1, -0.05) is 0 Å². The zero-order valence-corrected chi connectivity index (χ0v) is 8.89. The van der Waals surface area contributed by atoms with E-state index in [4.69, 9.17) is 5.73 Å². The fourth-order valence-electron chi connectivity index (χ4n) is 1.72. The van der Waals surface area contributed by atoms with E-state index in [2.05, 4.69) is 5.10 Å². The molecule has 5 heteroatoms. The van der Waals surface area contributed by atoms with E-state index >= 15 is 0 Å². The summed E-state index contributed by atoms with van der Waals surface area (Å²) in [6.45, 7) is 3.08. The van der Waals surface area contributed by atoms with Crippen LogP contribution in [-0.4, -0.2) is 33.2 Å². The van der Waals surface area contributed by atoms with E-state index in [0.717, 1.165) is 19.4 Å². The van der Waals surface area contributed by atoms with Gasteiger partial charge >= 0.3 is 0 Å². The van der Waals surface area contributed by atoms with E-state index in [9.17, 15) is 4.79 Å². The quantitative estimate of drug-likeness (QED) is 0.782. The maximum Gasteiger partial charge on any atom is 0.244 e. The van der Waals surface area contributed by atoms with Gasteiger partial charge < -0.3 is 10.6 Å². The molecule has 2 N–H and O–H groups in total. The molecule has 1 saturated carbocycles. The van der Waals surface area contributed by atoms with E-state index in [1.165, 1.54) is 0 Å². The lowest BCUT2D eigenvalue weighted by Crippen LogP contribution is -2.35. The number of hydrogen-bond donors (Lipinski definition) is 1. The van der Waals surface area contributed by atoms with Gasteiger partial charge in [0.05, 0.1) is 0 Å². The molecule has 1 amide bonds. The molecule has 82 valence electrons. The second-order valence-corrected chi connectivity index (χ2v) is 3.85. The number of anilines is 1. The van der Waals surface area contributed by atoms with Crippen LogP contribution in [0.5, 0.6) is 0 Å². The van der Waals surface area contributed by atoms with Gasteiger partial charge in [0.1, 0.15) is 12.4 Å². The van der Waals surface area contributed by atoms with Gasteiger partial charge in [-0.3, -0.25) is 9.48 Å². The van der Waals surface area contributed by atoms with Crippen molar-refractivity contribution in [3.05, 3.63) is 12.3 Å². The average molecular weight is 208 g/mol. The second-order valence-electron chi connectivity index (χ2n) is 3.85.